The molecule has 11 nitrogen and oxygen atoms in total. The molecule has 0 spiro atoms. The van der Waals surface area contributed by atoms with Gasteiger partial charge in [0.2, 0.25) is 11.9 Å². The number of pyridine rings is 1. The molecule has 1 aromatic carbocycles. The van der Waals surface area contributed by atoms with Gasteiger partial charge in [-0.1, -0.05) is 20.4 Å². The average Bonchev–Trinajstić information content (AvgIpc) is 3.33. The number of hydrogen-bond donors (Lipinski definition) is 2. The van der Waals surface area contributed by atoms with E-state index in [1.165, 1.54) is 12.3 Å². The fourth-order valence-corrected chi connectivity index (χ4v) is 7.80. The molecular formula is C31H39N7O4S. The van der Waals surface area contributed by atoms with Gasteiger partial charge in [0, 0.05) is 60.5 Å². The summed E-state index contributed by atoms with van der Waals surface area (Å²) < 4.78 is 29.8. The molecular weight excluding hydrogens is 566 g/mol. The smallest absolute Gasteiger partial charge is 0.247 e. The van der Waals surface area contributed by atoms with Gasteiger partial charge in [-0.25, -0.2) is 18.4 Å². The molecule has 3 aliphatic rings. The van der Waals surface area contributed by atoms with Gasteiger partial charge in [-0.05, 0) is 60.9 Å². The van der Waals surface area contributed by atoms with Crippen LogP contribution < -0.4 is 20.4 Å². The number of aromatic nitrogens is 3. The molecule has 2 aromatic heterocycles. The quantitative estimate of drug-likeness (QED) is 0.342. The van der Waals surface area contributed by atoms with E-state index in [0.717, 1.165) is 41.4 Å². The maximum Gasteiger partial charge on any atom is 0.247 e. The summed E-state index contributed by atoms with van der Waals surface area (Å²) in [5, 5.41) is 8.26. The number of fused-ring (bicyclic) bond motifs is 3. The van der Waals surface area contributed by atoms with E-state index in [0.29, 0.717) is 48.6 Å². The molecule has 2 bridgehead atoms. The van der Waals surface area contributed by atoms with Gasteiger partial charge in [0.25, 0.3) is 0 Å². The minimum atomic E-state index is -3.09. The molecule has 0 radical (unpaired) electrons. The highest BCUT2D eigenvalue weighted by atomic mass is 32.2. The number of piperidine rings is 1. The van der Waals surface area contributed by atoms with E-state index in [1.807, 2.05) is 31.3 Å². The van der Waals surface area contributed by atoms with E-state index >= 15 is 0 Å². The second kappa shape index (κ2) is 11.4. The molecule has 2 N–H and O–H groups in total. The Morgan fingerprint density at radius 1 is 1.21 bits per heavy atom. The Hall–Kier alpha value is -3.77. The van der Waals surface area contributed by atoms with Crippen molar-refractivity contribution in [2.75, 3.05) is 52.1 Å². The van der Waals surface area contributed by atoms with Crippen LogP contribution in [0.5, 0.6) is 0 Å². The second-order valence-electron chi connectivity index (χ2n) is 12.3. The van der Waals surface area contributed by atoms with Crippen molar-refractivity contribution in [2.45, 2.75) is 57.7 Å². The first-order valence-corrected chi connectivity index (χ1v) is 16.9. The van der Waals surface area contributed by atoms with Crippen LogP contribution in [0.3, 0.4) is 0 Å². The van der Waals surface area contributed by atoms with Gasteiger partial charge >= 0.3 is 0 Å². The van der Waals surface area contributed by atoms with Crippen LogP contribution in [0.4, 0.5) is 29.0 Å². The maximum atomic E-state index is 12.5. The molecule has 0 saturated carbocycles. The van der Waals surface area contributed by atoms with Crippen molar-refractivity contribution in [1.82, 2.24) is 15.0 Å². The van der Waals surface area contributed by atoms with Crippen molar-refractivity contribution in [2.24, 2.45) is 5.92 Å². The number of carbonyl (C=O) groups excluding carboxylic acids is 1. The lowest BCUT2D eigenvalue weighted by atomic mass is 9.88. The SMILES string of the molecule is C=CC(=O)Nc1cc(N2C[C@H](CS(C)(=O)=O)[C@H]2C)c2cnc(Nc3ccnc(N4CC[C@H]5C[C@@H]4CO5)n3)cc2c1C(C)C. The van der Waals surface area contributed by atoms with Crippen LogP contribution >= 0.6 is 0 Å². The van der Waals surface area contributed by atoms with Gasteiger partial charge in [0.15, 0.2) is 0 Å². The lowest BCUT2D eigenvalue weighted by Crippen LogP contribution is -2.57. The number of carbonyl (C=O) groups is 1. The highest BCUT2D eigenvalue weighted by Crippen LogP contribution is 2.43. The Kier molecular flexibility index (Phi) is 7.76. The summed E-state index contributed by atoms with van der Waals surface area (Å²) in [5.41, 5.74) is 2.58. The number of nitrogens with zero attached hydrogens (tertiary/aromatic N) is 5. The fraction of sp³-hybridized carbons (Fsp3) is 0.484. The Bertz CT molecular complexity index is 1680. The van der Waals surface area contributed by atoms with Crippen LogP contribution in [-0.2, 0) is 19.4 Å². The van der Waals surface area contributed by atoms with Crippen LogP contribution in [0.2, 0.25) is 0 Å². The van der Waals surface area contributed by atoms with Gasteiger partial charge in [0.05, 0.1) is 24.5 Å². The van der Waals surface area contributed by atoms with E-state index < -0.39 is 9.84 Å². The summed E-state index contributed by atoms with van der Waals surface area (Å²) in [6.07, 6.45) is 8.46. The largest absolute Gasteiger partial charge is 0.376 e. The topological polar surface area (TPSA) is 130 Å². The van der Waals surface area contributed by atoms with Crippen molar-refractivity contribution in [1.29, 1.82) is 0 Å². The zero-order chi connectivity index (χ0) is 30.5. The second-order valence-corrected chi connectivity index (χ2v) is 14.4. The van der Waals surface area contributed by atoms with Crippen LogP contribution in [0, 0.1) is 5.92 Å². The number of nitrogens with one attached hydrogen (secondary N) is 2. The van der Waals surface area contributed by atoms with Crippen molar-refractivity contribution >= 4 is 55.5 Å². The van der Waals surface area contributed by atoms with Crippen LogP contribution in [0.25, 0.3) is 10.8 Å². The summed E-state index contributed by atoms with van der Waals surface area (Å²) in [7, 11) is -3.09. The molecule has 4 atom stereocenters. The Balaban J connectivity index is 1.37. The molecule has 43 heavy (non-hydrogen) atoms. The van der Waals surface area contributed by atoms with E-state index in [9.17, 15) is 13.2 Å². The third kappa shape index (κ3) is 5.90. The Labute approximate surface area is 252 Å². The first-order chi connectivity index (χ1) is 20.5. The normalized spacial score (nSPS) is 23.4. The number of benzene rings is 1. The summed E-state index contributed by atoms with van der Waals surface area (Å²) in [5.74, 6) is 1.90. The number of sulfone groups is 1. The van der Waals surface area contributed by atoms with E-state index in [1.54, 1.807) is 6.20 Å². The average molecular weight is 606 g/mol. The van der Waals surface area contributed by atoms with Crippen LogP contribution in [-0.4, -0.2) is 79.2 Å². The Morgan fingerprint density at radius 2 is 2.02 bits per heavy atom. The maximum absolute atomic E-state index is 12.5. The number of hydrogen-bond acceptors (Lipinski definition) is 10. The summed E-state index contributed by atoms with van der Waals surface area (Å²) in [6, 6.07) is 6.11. The molecule has 3 aliphatic heterocycles. The molecule has 3 saturated heterocycles. The first-order valence-electron chi connectivity index (χ1n) is 14.8. The zero-order valence-corrected chi connectivity index (χ0v) is 25.9. The standard InChI is InChI=1S/C31H39N7O4S/c1-6-29(39)34-25-13-26(38-15-20(19(38)4)17-43(5,40)41)24-14-33-28(12-23(24)30(25)18(2)3)35-27-7-9-32-31(36-27)37-10-8-22-11-21(37)16-42-22/h6-7,9,12-14,18-22H,1,8,10-11,15-17H2,2-5H3,(H,34,39)(H,32,33,35,36)/t19-,20-,21-,22+/m1/s1. The van der Waals surface area contributed by atoms with Gasteiger partial charge in [-0.15, -0.1) is 0 Å². The monoisotopic (exact) mass is 605 g/mol. The third-order valence-electron chi connectivity index (χ3n) is 8.84. The lowest BCUT2D eigenvalue weighted by Gasteiger charge is -2.48. The number of rotatable bonds is 9. The molecule has 5 heterocycles. The van der Waals surface area contributed by atoms with Crippen LogP contribution in [0.15, 0.2) is 43.2 Å². The number of ether oxygens (including phenoxy) is 1. The summed E-state index contributed by atoms with van der Waals surface area (Å²) in [6.45, 7) is 12.0. The first kappa shape index (κ1) is 29.3. The molecule has 3 fully saturated rings. The van der Waals surface area contributed by atoms with Crippen molar-refractivity contribution in [3.05, 3.63) is 48.8 Å². The fourth-order valence-electron chi connectivity index (χ4n) is 6.64. The van der Waals surface area contributed by atoms with E-state index in [-0.39, 0.29) is 29.5 Å². The van der Waals surface area contributed by atoms with Gasteiger partial charge in [0.1, 0.15) is 21.5 Å². The molecule has 6 rings (SSSR count). The van der Waals surface area contributed by atoms with Crippen molar-refractivity contribution in [3.63, 3.8) is 0 Å². The van der Waals surface area contributed by atoms with Gasteiger partial charge in [-0.3, -0.25) is 4.79 Å². The Morgan fingerprint density at radius 3 is 2.74 bits per heavy atom. The van der Waals surface area contributed by atoms with Crippen molar-refractivity contribution in [3.8, 4) is 0 Å². The predicted octanol–water partition coefficient (Wildman–Crippen LogP) is 4.25. The molecule has 12 heteroatoms. The zero-order valence-electron chi connectivity index (χ0n) is 25.1. The summed E-state index contributed by atoms with van der Waals surface area (Å²) >= 11 is 0. The summed E-state index contributed by atoms with van der Waals surface area (Å²) in [4.78, 5) is 31.0. The highest BCUT2D eigenvalue weighted by Gasteiger charge is 2.39. The minimum absolute atomic E-state index is 0.0124. The molecule has 228 valence electrons. The lowest BCUT2D eigenvalue weighted by molar-refractivity contribution is -0.111. The number of anilines is 5. The number of amides is 1. The predicted molar refractivity (Wildman–Crippen MR) is 170 cm³/mol. The van der Waals surface area contributed by atoms with Gasteiger partial charge < -0.3 is 25.2 Å². The molecule has 0 aliphatic carbocycles. The van der Waals surface area contributed by atoms with Crippen molar-refractivity contribution < 1.29 is 17.9 Å². The van der Waals surface area contributed by atoms with E-state index in [2.05, 4.69) is 45.8 Å². The molecule has 3 aromatic rings. The van der Waals surface area contributed by atoms with Crippen LogP contribution in [0.1, 0.15) is 45.1 Å². The third-order valence-corrected chi connectivity index (χ3v) is 9.87. The molecule has 1 amide bonds. The minimum Gasteiger partial charge on any atom is -0.376 e. The van der Waals surface area contributed by atoms with E-state index in [4.69, 9.17) is 14.7 Å². The van der Waals surface area contributed by atoms with Gasteiger partial charge in [-0.2, -0.15) is 4.98 Å². The molecule has 0 unspecified atom stereocenters. The highest BCUT2D eigenvalue weighted by molar-refractivity contribution is 7.90.